The number of pyridine rings is 1. The van der Waals surface area contributed by atoms with E-state index in [4.69, 9.17) is 4.74 Å². The number of hydrogen-bond donors (Lipinski definition) is 2. The maximum absolute atomic E-state index is 12.7. The number of benzene rings is 1. The first-order chi connectivity index (χ1) is 18.0. The average Bonchev–Trinajstić information content (AvgIpc) is 3.38. The van der Waals surface area contributed by atoms with E-state index >= 15 is 0 Å². The van der Waals surface area contributed by atoms with Gasteiger partial charge in [-0.2, -0.15) is 0 Å². The van der Waals surface area contributed by atoms with Gasteiger partial charge in [-0.15, -0.1) is 0 Å². The second-order valence-corrected chi connectivity index (χ2v) is 9.41. The van der Waals surface area contributed by atoms with E-state index in [1.54, 1.807) is 29.4 Å². The summed E-state index contributed by atoms with van der Waals surface area (Å²) in [5.41, 5.74) is 3.23. The SMILES string of the molecule is CC(C)NC(=O)Cc1cccc(N2C=C(Nc3ccc(C(=O)N4CCOCC4)cn3)c3nccn3C2)c1. The van der Waals surface area contributed by atoms with E-state index < -0.39 is 0 Å². The molecule has 192 valence electrons. The van der Waals surface area contributed by atoms with E-state index in [2.05, 4.69) is 25.5 Å². The highest BCUT2D eigenvalue weighted by Gasteiger charge is 2.21. The van der Waals surface area contributed by atoms with Crippen LogP contribution in [-0.4, -0.2) is 63.6 Å². The van der Waals surface area contributed by atoms with Gasteiger partial charge < -0.3 is 29.7 Å². The third-order valence-corrected chi connectivity index (χ3v) is 6.17. The molecular formula is C27H31N7O3. The number of ether oxygens (including phenoxy) is 1. The van der Waals surface area contributed by atoms with Crippen LogP contribution in [0.2, 0.25) is 0 Å². The lowest BCUT2D eigenvalue weighted by atomic mass is 10.1. The summed E-state index contributed by atoms with van der Waals surface area (Å²) in [6, 6.07) is 11.7. The van der Waals surface area contributed by atoms with Crippen LogP contribution in [-0.2, 0) is 22.6 Å². The molecule has 1 fully saturated rings. The minimum absolute atomic E-state index is 0.00205. The number of rotatable bonds is 7. The molecule has 0 unspecified atom stereocenters. The Kier molecular flexibility index (Phi) is 7.18. The summed E-state index contributed by atoms with van der Waals surface area (Å²) in [7, 11) is 0. The predicted octanol–water partition coefficient (Wildman–Crippen LogP) is 2.71. The Morgan fingerprint density at radius 1 is 1.11 bits per heavy atom. The summed E-state index contributed by atoms with van der Waals surface area (Å²) in [5.74, 6) is 1.37. The number of hydrogen-bond acceptors (Lipinski definition) is 7. The number of anilines is 2. The van der Waals surface area contributed by atoms with Crippen LogP contribution < -0.4 is 15.5 Å². The molecule has 1 saturated heterocycles. The molecule has 5 rings (SSSR count). The second-order valence-electron chi connectivity index (χ2n) is 9.41. The number of imidazole rings is 1. The molecule has 4 heterocycles. The van der Waals surface area contributed by atoms with E-state index in [9.17, 15) is 9.59 Å². The number of nitrogens with zero attached hydrogens (tertiary/aromatic N) is 5. The molecule has 2 N–H and O–H groups in total. The third-order valence-electron chi connectivity index (χ3n) is 6.17. The maximum atomic E-state index is 12.7. The molecule has 0 spiro atoms. The lowest BCUT2D eigenvalue weighted by Gasteiger charge is -2.29. The van der Waals surface area contributed by atoms with E-state index in [0.717, 1.165) is 22.8 Å². The molecule has 0 atom stereocenters. The molecular weight excluding hydrogens is 470 g/mol. The fourth-order valence-corrected chi connectivity index (χ4v) is 4.42. The monoisotopic (exact) mass is 501 g/mol. The Bertz CT molecular complexity index is 1290. The van der Waals surface area contributed by atoms with E-state index in [1.807, 2.05) is 55.1 Å². The molecule has 10 heteroatoms. The highest BCUT2D eigenvalue weighted by molar-refractivity contribution is 5.94. The normalized spacial score (nSPS) is 15.3. The fourth-order valence-electron chi connectivity index (χ4n) is 4.42. The summed E-state index contributed by atoms with van der Waals surface area (Å²) in [6.45, 7) is 6.79. The van der Waals surface area contributed by atoms with E-state index in [1.165, 1.54) is 0 Å². The van der Waals surface area contributed by atoms with Crippen molar-refractivity contribution in [1.82, 2.24) is 24.8 Å². The summed E-state index contributed by atoms with van der Waals surface area (Å²) >= 11 is 0. The quantitative estimate of drug-likeness (QED) is 0.513. The molecule has 2 amide bonds. The number of nitrogens with one attached hydrogen (secondary N) is 2. The van der Waals surface area contributed by atoms with Crippen molar-refractivity contribution in [2.75, 3.05) is 36.5 Å². The third kappa shape index (κ3) is 5.80. The van der Waals surface area contributed by atoms with Crippen molar-refractivity contribution in [3.63, 3.8) is 0 Å². The Hall–Kier alpha value is -4.18. The van der Waals surface area contributed by atoms with Crippen molar-refractivity contribution in [1.29, 1.82) is 0 Å². The van der Waals surface area contributed by atoms with Gasteiger partial charge in [-0.3, -0.25) is 9.59 Å². The van der Waals surface area contributed by atoms with Crippen molar-refractivity contribution in [2.45, 2.75) is 33.0 Å². The van der Waals surface area contributed by atoms with Gasteiger partial charge in [0.25, 0.3) is 5.91 Å². The van der Waals surface area contributed by atoms with E-state index in [0.29, 0.717) is 50.8 Å². The molecule has 0 radical (unpaired) electrons. The number of morpholine rings is 1. The van der Waals surface area contributed by atoms with Crippen molar-refractivity contribution in [2.24, 2.45) is 0 Å². The summed E-state index contributed by atoms with van der Waals surface area (Å²) in [5, 5.41) is 6.29. The van der Waals surface area contributed by atoms with Gasteiger partial charge in [0.05, 0.1) is 30.9 Å². The molecule has 0 aliphatic carbocycles. The molecule has 0 bridgehead atoms. The minimum Gasteiger partial charge on any atom is -0.378 e. The molecule has 1 aromatic carbocycles. The number of amides is 2. The maximum Gasteiger partial charge on any atom is 0.255 e. The van der Waals surface area contributed by atoms with Gasteiger partial charge in [0.1, 0.15) is 12.5 Å². The van der Waals surface area contributed by atoms with Gasteiger partial charge in [0.15, 0.2) is 5.82 Å². The first-order valence-electron chi connectivity index (χ1n) is 12.4. The van der Waals surface area contributed by atoms with Crippen LogP contribution in [0.5, 0.6) is 0 Å². The smallest absolute Gasteiger partial charge is 0.255 e. The van der Waals surface area contributed by atoms with Crippen molar-refractivity contribution < 1.29 is 14.3 Å². The van der Waals surface area contributed by atoms with Gasteiger partial charge >= 0.3 is 0 Å². The van der Waals surface area contributed by atoms with Crippen molar-refractivity contribution >= 4 is 29.0 Å². The van der Waals surface area contributed by atoms with Gasteiger partial charge in [0.2, 0.25) is 5.91 Å². The summed E-state index contributed by atoms with van der Waals surface area (Å²) in [4.78, 5) is 37.9. The van der Waals surface area contributed by atoms with Crippen molar-refractivity contribution in [3.8, 4) is 0 Å². The zero-order valence-corrected chi connectivity index (χ0v) is 21.1. The van der Waals surface area contributed by atoms with Gasteiger partial charge in [-0.25, -0.2) is 9.97 Å². The standard InChI is InChI=1S/C27H31N7O3/c1-19(2)30-25(35)15-20-4-3-5-22(14-20)34-17-23(26-28-8-9-33(26)18-34)31-24-7-6-21(16-29-24)27(36)32-10-12-37-13-11-32/h3-9,14,16-17,19H,10-13,15,18H2,1-2H3,(H,29,31)(H,30,35). The Morgan fingerprint density at radius 2 is 1.95 bits per heavy atom. The Balaban J connectivity index is 1.33. The average molecular weight is 502 g/mol. The van der Waals surface area contributed by atoms with Gasteiger partial charge in [0, 0.05) is 49.6 Å². The number of carbonyl (C=O) groups is 2. The summed E-state index contributed by atoms with van der Waals surface area (Å²) in [6.07, 6.45) is 7.60. The Labute approximate surface area is 216 Å². The molecule has 2 aromatic heterocycles. The topological polar surface area (TPSA) is 105 Å². The van der Waals surface area contributed by atoms with Crippen LogP contribution in [0.3, 0.4) is 0 Å². The molecule has 37 heavy (non-hydrogen) atoms. The van der Waals surface area contributed by atoms with Crippen LogP contribution in [0.4, 0.5) is 11.5 Å². The van der Waals surface area contributed by atoms with Crippen LogP contribution in [0.15, 0.2) is 61.2 Å². The highest BCUT2D eigenvalue weighted by Crippen LogP contribution is 2.27. The second kappa shape index (κ2) is 10.8. The molecule has 2 aliphatic heterocycles. The lowest BCUT2D eigenvalue weighted by Crippen LogP contribution is -2.40. The first-order valence-corrected chi connectivity index (χ1v) is 12.4. The molecule has 3 aromatic rings. The highest BCUT2D eigenvalue weighted by atomic mass is 16.5. The molecule has 10 nitrogen and oxygen atoms in total. The first kappa shape index (κ1) is 24.5. The van der Waals surface area contributed by atoms with Gasteiger partial charge in [-0.05, 0) is 43.7 Å². The van der Waals surface area contributed by atoms with Crippen LogP contribution >= 0.6 is 0 Å². The van der Waals surface area contributed by atoms with Crippen LogP contribution in [0.1, 0.15) is 35.6 Å². The number of aromatic nitrogens is 3. The van der Waals surface area contributed by atoms with Crippen LogP contribution in [0, 0.1) is 0 Å². The molecule has 2 aliphatic rings. The lowest BCUT2D eigenvalue weighted by molar-refractivity contribution is -0.120. The van der Waals surface area contributed by atoms with Crippen molar-refractivity contribution in [3.05, 3.63) is 78.1 Å². The molecule has 0 saturated carbocycles. The minimum atomic E-state index is -0.0390. The zero-order valence-electron chi connectivity index (χ0n) is 21.1. The predicted molar refractivity (Wildman–Crippen MR) is 141 cm³/mol. The number of fused-ring (bicyclic) bond motifs is 1. The summed E-state index contributed by atoms with van der Waals surface area (Å²) < 4.78 is 7.37. The van der Waals surface area contributed by atoms with Gasteiger partial charge in [-0.1, -0.05) is 12.1 Å². The fraction of sp³-hybridized carbons (Fsp3) is 0.333. The zero-order chi connectivity index (χ0) is 25.8. The van der Waals surface area contributed by atoms with E-state index in [-0.39, 0.29) is 17.9 Å². The van der Waals surface area contributed by atoms with Crippen LogP contribution in [0.25, 0.3) is 5.70 Å². The largest absolute Gasteiger partial charge is 0.378 e. The Morgan fingerprint density at radius 3 is 2.70 bits per heavy atom. The number of carbonyl (C=O) groups excluding carboxylic acids is 2.